The highest BCUT2D eigenvalue weighted by molar-refractivity contribution is 5.91. The molecule has 29 heavy (non-hydrogen) atoms. The molecule has 0 N–H and O–H groups in total. The Morgan fingerprint density at radius 2 is 1.24 bits per heavy atom. The standard InChI is InChI=1S/C27H22O2/c1-3-5-6-22-7-9-23(10-8-22)11-12-24-15-19-26(20-16-24)29-27(28)25-17-13-21(4-2)14-18-25/h7-10,13-20H,3-4H2,1-2H3. The maximum Gasteiger partial charge on any atom is 0.343 e. The lowest BCUT2D eigenvalue weighted by Gasteiger charge is -2.05. The number of carbonyl (C=O) groups excluding carboxylic acids is 1. The van der Waals surface area contributed by atoms with Crippen LogP contribution in [-0.2, 0) is 6.42 Å². The molecule has 0 aliphatic rings. The van der Waals surface area contributed by atoms with Gasteiger partial charge >= 0.3 is 5.97 Å². The quantitative estimate of drug-likeness (QED) is 0.335. The fourth-order valence-electron chi connectivity index (χ4n) is 2.62. The number of ether oxygens (including phenoxy) is 1. The largest absolute Gasteiger partial charge is 0.423 e. The van der Waals surface area contributed by atoms with Gasteiger partial charge in [0.25, 0.3) is 0 Å². The van der Waals surface area contributed by atoms with E-state index in [0.717, 1.165) is 29.5 Å². The zero-order chi connectivity index (χ0) is 20.5. The minimum atomic E-state index is -0.363. The molecule has 3 aromatic carbocycles. The van der Waals surface area contributed by atoms with Crippen LogP contribution in [0.25, 0.3) is 0 Å². The molecule has 0 spiro atoms. The first-order valence-electron chi connectivity index (χ1n) is 9.70. The van der Waals surface area contributed by atoms with Crippen LogP contribution in [0.15, 0.2) is 72.8 Å². The third kappa shape index (κ3) is 5.86. The number of carbonyl (C=O) groups is 1. The highest BCUT2D eigenvalue weighted by Gasteiger charge is 2.08. The highest BCUT2D eigenvalue weighted by Crippen LogP contribution is 2.15. The number of esters is 1. The van der Waals surface area contributed by atoms with Crippen LogP contribution in [0.4, 0.5) is 0 Å². The Kier molecular flexibility index (Phi) is 6.88. The van der Waals surface area contributed by atoms with Gasteiger partial charge in [0.2, 0.25) is 0 Å². The summed E-state index contributed by atoms with van der Waals surface area (Å²) in [5.41, 5.74) is 4.50. The Morgan fingerprint density at radius 1 is 0.724 bits per heavy atom. The van der Waals surface area contributed by atoms with E-state index in [2.05, 4.69) is 30.6 Å². The summed E-state index contributed by atoms with van der Waals surface area (Å²) in [6, 6.07) is 22.5. The van der Waals surface area contributed by atoms with Crippen molar-refractivity contribution < 1.29 is 9.53 Å². The van der Waals surface area contributed by atoms with Crippen LogP contribution in [0.1, 0.15) is 52.9 Å². The summed E-state index contributed by atoms with van der Waals surface area (Å²) in [5, 5.41) is 0. The summed E-state index contributed by atoms with van der Waals surface area (Å²) in [4.78, 5) is 12.2. The van der Waals surface area contributed by atoms with E-state index < -0.39 is 0 Å². The molecule has 0 amide bonds. The average Bonchev–Trinajstić information content (AvgIpc) is 2.78. The summed E-state index contributed by atoms with van der Waals surface area (Å²) in [6.45, 7) is 4.11. The highest BCUT2D eigenvalue weighted by atomic mass is 16.5. The van der Waals surface area contributed by atoms with E-state index in [-0.39, 0.29) is 5.97 Å². The van der Waals surface area contributed by atoms with Gasteiger partial charge in [0, 0.05) is 23.1 Å². The lowest BCUT2D eigenvalue weighted by molar-refractivity contribution is 0.0734. The minimum Gasteiger partial charge on any atom is -0.423 e. The average molecular weight is 378 g/mol. The van der Waals surface area contributed by atoms with Gasteiger partial charge in [-0.25, -0.2) is 4.79 Å². The summed E-state index contributed by atoms with van der Waals surface area (Å²) >= 11 is 0. The molecule has 3 aromatic rings. The second kappa shape index (κ2) is 9.98. The minimum absolute atomic E-state index is 0.363. The topological polar surface area (TPSA) is 26.3 Å². The van der Waals surface area contributed by atoms with Gasteiger partial charge in [0.05, 0.1) is 5.56 Å². The van der Waals surface area contributed by atoms with Crippen molar-refractivity contribution >= 4 is 5.97 Å². The summed E-state index contributed by atoms with van der Waals surface area (Å²) in [7, 11) is 0. The van der Waals surface area contributed by atoms with Crippen LogP contribution in [0.3, 0.4) is 0 Å². The maximum absolute atomic E-state index is 12.2. The first kappa shape index (κ1) is 20.0. The molecule has 3 rings (SSSR count). The first-order valence-corrected chi connectivity index (χ1v) is 9.70. The Hall–Kier alpha value is -3.75. The van der Waals surface area contributed by atoms with Gasteiger partial charge in [-0.2, -0.15) is 0 Å². The third-order valence-corrected chi connectivity index (χ3v) is 4.31. The molecule has 0 radical (unpaired) electrons. The predicted molar refractivity (Wildman–Crippen MR) is 117 cm³/mol. The Bertz CT molecular complexity index is 1080. The van der Waals surface area contributed by atoms with Gasteiger partial charge in [-0.05, 0) is 72.6 Å². The van der Waals surface area contributed by atoms with Gasteiger partial charge in [0.15, 0.2) is 0 Å². The van der Waals surface area contributed by atoms with Crippen molar-refractivity contribution in [2.24, 2.45) is 0 Å². The lowest BCUT2D eigenvalue weighted by atomic mass is 10.1. The zero-order valence-corrected chi connectivity index (χ0v) is 16.7. The van der Waals surface area contributed by atoms with E-state index in [9.17, 15) is 4.79 Å². The Morgan fingerprint density at radius 3 is 1.76 bits per heavy atom. The van der Waals surface area contributed by atoms with E-state index in [0.29, 0.717) is 11.3 Å². The van der Waals surface area contributed by atoms with Gasteiger partial charge < -0.3 is 4.74 Å². The summed E-state index contributed by atoms with van der Waals surface area (Å²) < 4.78 is 5.44. The van der Waals surface area contributed by atoms with Crippen molar-refractivity contribution in [1.29, 1.82) is 0 Å². The van der Waals surface area contributed by atoms with Gasteiger partial charge in [-0.1, -0.05) is 49.7 Å². The maximum atomic E-state index is 12.2. The number of hydrogen-bond acceptors (Lipinski definition) is 2. The van der Waals surface area contributed by atoms with E-state index in [1.165, 1.54) is 5.56 Å². The van der Waals surface area contributed by atoms with E-state index in [1.807, 2.05) is 55.5 Å². The first-order chi connectivity index (χ1) is 14.2. The van der Waals surface area contributed by atoms with E-state index >= 15 is 0 Å². The van der Waals surface area contributed by atoms with Gasteiger partial charge in [-0.3, -0.25) is 0 Å². The summed E-state index contributed by atoms with van der Waals surface area (Å²) in [5.74, 6) is 12.5. The molecule has 0 aliphatic heterocycles. The molecule has 0 heterocycles. The molecule has 0 saturated heterocycles. The molecular weight excluding hydrogens is 356 g/mol. The second-order valence-electron chi connectivity index (χ2n) is 6.45. The van der Waals surface area contributed by atoms with Gasteiger partial charge in [0.1, 0.15) is 5.75 Å². The Labute approximate surface area is 172 Å². The van der Waals surface area contributed by atoms with Crippen LogP contribution < -0.4 is 4.74 Å². The van der Waals surface area contributed by atoms with Crippen molar-refractivity contribution in [3.8, 4) is 29.4 Å². The molecule has 0 fully saturated rings. The molecule has 0 saturated carbocycles. The van der Waals surface area contributed by atoms with Crippen molar-refractivity contribution in [2.45, 2.75) is 26.7 Å². The molecule has 0 unspecified atom stereocenters. The number of hydrogen-bond donors (Lipinski definition) is 0. The second-order valence-corrected chi connectivity index (χ2v) is 6.45. The molecule has 142 valence electrons. The fraction of sp³-hybridized carbons (Fsp3) is 0.148. The fourth-order valence-corrected chi connectivity index (χ4v) is 2.62. The SMILES string of the molecule is CCC#Cc1ccc(C#Cc2ccc(OC(=O)c3ccc(CC)cc3)cc2)cc1. The van der Waals surface area contributed by atoms with Crippen LogP contribution in [0.5, 0.6) is 5.75 Å². The van der Waals surface area contributed by atoms with Crippen molar-refractivity contribution in [3.63, 3.8) is 0 Å². The normalized spacial score (nSPS) is 9.59. The Balaban J connectivity index is 1.63. The molecule has 2 nitrogen and oxygen atoms in total. The monoisotopic (exact) mass is 378 g/mol. The van der Waals surface area contributed by atoms with Crippen LogP contribution in [0, 0.1) is 23.7 Å². The summed E-state index contributed by atoms with van der Waals surface area (Å²) in [6.07, 6.45) is 1.78. The van der Waals surface area contributed by atoms with Crippen molar-refractivity contribution in [2.75, 3.05) is 0 Å². The number of rotatable bonds is 3. The van der Waals surface area contributed by atoms with E-state index in [4.69, 9.17) is 4.74 Å². The molecule has 0 bridgehead atoms. The van der Waals surface area contributed by atoms with Crippen LogP contribution >= 0.6 is 0 Å². The predicted octanol–water partition coefficient (Wildman–Crippen LogP) is 5.63. The smallest absolute Gasteiger partial charge is 0.343 e. The molecule has 2 heteroatoms. The zero-order valence-electron chi connectivity index (χ0n) is 16.7. The van der Waals surface area contributed by atoms with Crippen LogP contribution in [0.2, 0.25) is 0 Å². The molecule has 0 atom stereocenters. The van der Waals surface area contributed by atoms with E-state index in [1.54, 1.807) is 24.3 Å². The molecular formula is C27H22O2. The molecule has 0 aromatic heterocycles. The molecule has 0 aliphatic carbocycles. The van der Waals surface area contributed by atoms with Crippen LogP contribution in [-0.4, -0.2) is 5.97 Å². The number of aryl methyl sites for hydroxylation is 1. The third-order valence-electron chi connectivity index (χ3n) is 4.31. The van der Waals surface area contributed by atoms with Crippen molar-refractivity contribution in [3.05, 3.63) is 101 Å². The lowest BCUT2D eigenvalue weighted by Crippen LogP contribution is -2.08. The van der Waals surface area contributed by atoms with Crippen molar-refractivity contribution in [1.82, 2.24) is 0 Å². The van der Waals surface area contributed by atoms with Gasteiger partial charge in [-0.15, -0.1) is 0 Å². The number of benzene rings is 3.